The zero-order valence-corrected chi connectivity index (χ0v) is 20.9. The minimum atomic E-state index is 0.0174. The summed E-state index contributed by atoms with van der Waals surface area (Å²) in [5.41, 5.74) is 2.20. The summed E-state index contributed by atoms with van der Waals surface area (Å²) < 4.78 is 11.9. The van der Waals surface area contributed by atoms with Crippen LogP contribution in [-0.2, 0) is 9.47 Å². The molecule has 0 N–H and O–H groups in total. The quantitative estimate of drug-likeness (QED) is 0.484. The van der Waals surface area contributed by atoms with Crippen LogP contribution in [0.3, 0.4) is 0 Å². The first-order valence-electron chi connectivity index (χ1n) is 12.2. The standard InChI is InChI=1S/C25H34N6O2S/c1-29(2)9-14-33-23(25-26-7-15-34-25)19-4-3-8-31(17-19)24-21-6-5-20(16-22(21)27-18-28-24)30-10-12-32-13-11-30/h5-7,15-16,18-19,23H,3-4,8-14,17H2,1-2H3. The number of piperidine rings is 1. The summed E-state index contributed by atoms with van der Waals surface area (Å²) in [6, 6.07) is 6.58. The van der Waals surface area contributed by atoms with E-state index in [4.69, 9.17) is 14.5 Å². The Bertz CT molecular complexity index is 1060. The third-order valence-corrected chi connectivity index (χ3v) is 7.53. The highest BCUT2D eigenvalue weighted by Crippen LogP contribution is 2.36. The minimum absolute atomic E-state index is 0.0174. The first-order valence-corrected chi connectivity index (χ1v) is 13.0. The number of rotatable bonds is 8. The molecule has 34 heavy (non-hydrogen) atoms. The number of likely N-dealkylation sites (N-methyl/N-ethyl adjacent to an activating group) is 1. The van der Waals surface area contributed by atoms with E-state index in [1.807, 2.05) is 11.6 Å². The molecule has 3 aromatic rings. The maximum atomic E-state index is 6.42. The molecule has 2 aliphatic heterocycles. The second-order valence-electron chi connectivity index (χ2n) is 9.31. The van der Waals surface area contributed by atoms with Gasteiger partial charge in [0.05, 0.1) is 25.3 Å². The number of morpholine rings is 1. The maximum absolute atomic E-state index is 6.42. The highest BCUT2D eigenvalue weighted by Gasteiger charge is 2.32. The van der Waals surface area contributed by atoms with Gasteiger partial charge in [-0.05, 0) is 45.1 Å². The van der Waals surface area contributed by atoms with Crippen LogP contribution in [0.15, 0.2) is 36.1 Å². The predicted octanol–water partition coefficient (Wildman–Crippen LogP) is 3.46. The zero-order chi connectivity index (χ0) is 23.3. The van der Waals surface area contributed by atoms with E-state index < -0.39 is 0 Å². The molecule has 5 rings (SSSR count). The molecule has 182 valence electrons. The first kappa shape index (κ1) is 23.4. The highest BCUT2D eigenvalue weighted by molar-refractivity contribution is 7.09. The molecule has 2 aliphatic rings. The molecule has 4 heterocycles. The number of benzene rings is 1. The summed E-state index contributed by atoms with van der Waals surface area (Å²) in [6.07, 6.45) is 5.85. The van der Waals surface area contributed by atoms with Gasteiger partial charge in [-0.25, -0.2) is 15.0 Å². The second-order valence-corrected chi connectivity index (χ2v) is 10.2. The van der Waals surface area contributed by atoms with Gasteiger partial charge in [-0.3, -0.25) is 0 Å². The molecule has 2 saturated heterocycles. The Morgan fingerprint density at radius 3 is 2.82 bits per heavy atom. The van der Waals surface area contributed by atoms with Crippen molar-refractivity contribution in [3.05, 3.63) is 41.1 Å². The van der Waals surface area contributed by atoms with E-state index in [2.05, 4.69) is 57.0 Å². The summed E-state index contributed by atoms with van der Waals surface area (Å²) >= 11 is 1.69. The summed E-state index contributed by atoms with van der Waals surface area (Å²) in [5.74, 6) is 1.40. The van der Waals surface area contributed by atoms with Gasteiger partial charge in [0.2, 0.25) is 0 Å². The van der Waals surface area contributed by atoms with Crippen molar-refractivity contribution in [2.24, 2.45) is 5.92 Å². The number of fused-ring (bicyclic) bond motifs is 1. The van der Waals surface area contributed by atoms with Gasteiger partial charge >= 0.3 is 0 Å². The van der Waals surface area contributed by atoms with Gasteiger partial charge in [0, 0.05) is 61.3 Å². The molecule has 2 fully saturated rings. The Morgan fingerprint density at radius 2 is 2.03 bits per heavy atom. The van der Waals surface area contributed by atoms with E-state index >= 15 is 0 Å². The van der Waals surface area contributed by atoms with E-state index in [0.29, 0.717) is 12.5 Å². The molecule has 0 radical (unpaired) electrons. The summed E-state index contributed by atoms with van der Waals surface area (Å²) in [4.78, 5) is 20.9. The molecule has 0 aliphatic carbocycles. The number of nitrogens with zero attached hydrogens (tertiary/aromatic N) is 6. The van der Waals surface area contributed by atoms with E-state index in [1.165, 1.54) is 5.69 Å². The van der Waals surface area contributed by atoms with E-state index in [0.717, 1.165) is 80.5 Å². The third kappa shape index (κ3) is 5.33. The van der Waals surface area contributed by atoms with Crippen LogP contribution in [-0.4, -0.2) is 86.5 Å². The molecule has 2 aromatic heterocycles. The topological polar surface area (TPSA) is 66.9 Å². The van der Waals surface area contributed by atoms with Crippen LogP contribution in [0, 0.1) is 5.92 Å². The number of hydrogen-bond donors (Lipinski definition) is 0. The van der Waals surface area contributed by atoms with Crippen molar-refractivity contribution in [2.45, 2.75) is 18.9 Å². The van der Waals surface area contributed by atoms with Crippen molar-refractivity contribution in [3.8, 4) is 0 Å². The van der Waals surface area contributed by atoms with Gasteiger partial charge in [0.15, 0.2) is 0 Å². The fourth-order valence-electron chi connectivity index (χ4n) is 4.90. The van der Waals surface area contributed by atoms with Crippen LogP contribution < -0.4 is 9.80 Å². The average molecular weight is 483 g/mol. The monoisotopic (exact) mass is 482 g/mol. The Hall–Kier alpha value is -2.33. The number of thiazole rings is 1. The van der Waals surface area contributed by atoms with Crippen LogP contribution in [0.25, 0.3) is 10.9 Å². The lowest BCUT2D eigenvalue weighted by atomic mass is 9.92. The van der Waals surface area contributed by atoms with Crippen molar-refractivity contribution < 1.29 is 9.47 Å². The van der Waals surface area contributed by atoms with E-state index in [9.17, 15) is 0 Å². The third-order valence-electron chi connectivity index (χ3n) is 6.69. The van der Waals surface area contributed by atoms with Gasteiger partial charge in [-0.1, -0.05) is 0 Å². The van der Waals surface area contributed by atoms with Crippen molar-refractivity contribution in [3.63, 3.8) is 0 Å². The lowest BCUT2D eigenvalue weighted by Gasteiger charge is -2.37. The van der Waals surface area contributed by atoms with Crippen molar-refractivity contribution >= 4 is 33.7 Å². The Kier molecular flexibility index (Phi) is 7.54. The van der Waals surface area contributed by atoms with Crippen molar-refractivity contribution in [1.82, 2.24) is 19.9 Å². The van der Waals surface area contributed by atoms with Crippen LogP contribution in [0.2, 0.25) is 0 Å². The smallest absolute Gasteiger partial charge is 0.139 e. The molecule has 0 bridgehead atoms. The highest BCUT2D eigenvalue weighted by atomic mass is 32.1. The van der Waals surface area contributed by atoms with Crippen molar-refractivity contribution in [2.75, 3.05) is 76.4 Å². The summed E-state index contributed by atoms with van der Waals surface area (Å²) in [5, 5.41) is 4.23. The number of hydrogen-bond acceptors (Lipinski definition) is 9. The summed E-state index contributed by atoms with van der Waals surface area (Å²) in [7, 11) is 4.16. The number of ether oxygens (including phenoxy) is 2. The van der Waals surface area contributed by atoms with Crippen LogP contribution in [0.1, 0.15) is 24.0 Å². The number of aromatic nitrogens is 3. The molecule has 0 saturated carbocycles. The van der Waals surface area contributed by atoms with Gasteiger partial charge in [-0.2, -0.15) is 0 Å². The maximum Gasteiger partial charge on any atom is 0.139 e. The molecular weight excluding hydrogens is 448 g/mol. The van der Waals surface area contributed by atoms with Crippen LogP contribution in [0.5, 0.6) is 0 Å². The minimum Gasteiger partial charge on any atom is -0.378 e. The Balaban J connectivity index is 1.36. The molecule has 1 aromatic carbocycles. The number of anilines is 2. The zero-order valence-electron chi connectivity index (χ0n) is 20.1. The lowest BCUT2D eigenvalue weighted by Crippen LogP contribution is -2.39. The lowest BCUT2D eigenvalue weighted by molar-refractivity contribution is -0.0000986. The van der Waals surface area contributed by atoms with E-state index in [-0.39, 0.29) is 6.10 Å². The molecule has 8 nitrogen and oxygen atoms in total. The second kappa shape index (κ2) is 10.9. The Morgan fingerprint density at radius 1 is 1.15 bits per heavy atom. The van der Waals surface area contributed by atoms with Crippen molar-refractivity contribution in [1.29, 1.82) is 0 Å². The molecule has 0 amide bonds. The SMILES string of the molecule is CN(C)CCOC(c1nccs1)C1CCCN(c2ncnc3cc(N4CCOCC4)ccc23)C1. The molecular formula is C25H34N6O2S. The summed E-state index contributed by atoms with van der Waals surface area (Å²) in [6.45, 7) is 6.90. The van der Waals surface area contributed by atoms with Gasteiger partial charge in [-0.15, -0.1) is 11.3 Å². The van der Waals surface area contributed by atoms with Crippen LogP contribution >= 0.6 is 11.3 Å². The largest absolute Gasteiger partial charge is 0.378 e. The van der Waals surface area contributed by atoms with Gasteiger partial charge in [0.1, 0.15) is 23.3 Å². The van der Waals surface area contributed by atoms with Crippen LogP contribution in [0.4, 0.5) is 11.5 Å². The first-order chi connectivity index (χ1) is 16.7. The van der Waals surface area contributed by atoms with E-state index in [1.54, 1.807) is 17.7 Å². The molecule has 9 heteroatoms. The fourth-order valence-corrected chi connectivity index (χ4v) is 5.67. The fraction of sp³-hybridized carbons (Fsp3) is 0.560. The normalized spacial score (nSPS) is 20.3. The Labute approximate surface area is 205 Å². The van der Waals surface area contributed by atoms with Gasteiger partial charge < -0.3 is 24.2 Å². The predicted molar refractivity (Wildman–Crippen MR) is 137 cm³/mol. The molecule has 2 unspecified atom stereocenters. The molecule has 2 atom stereocenters. The van der Waals surface area contributed by atoms with Gasteiger partial charge in [0.25, 0.3) is 0 Å². The average Bonchev–Trinajstić information content (AvgIpc) is 3.41. The molecule has 0 spiro atoms.